The Morgan fingerprint density at radius 1 is 1.16 bits per heavy atom. The average Bonchev–Trinajstić information content (AvgIpc) is 2.40. The van der Waals surface area contributed by atoms with Gasteiger partial charge < -0.3 is 0 Å². The topological polar surface area (TPSA) is 47.8 Å². The Labute approximate surface area is 108 Å². The number of aromatic nitrogens is 3. The molecule has 0 unspecified atom stereocenters. The monoisotopic (exact) mass is 251 g/mol. The van der Waals surface area contributed by atoms with Crippen molar-refractivity contribution in [2.75, 3.05) is 0 Å². The van der Waals surface area contributed by atoms with E-state index in [1.165, 1.54) is 24.5 Å². The van der Waals surface area contributed by atoms with Crippen LogP contribution in [-0.2, 0) is 0 Å². The fourth-order valence-electron chi connectivity index (χ4n) is 1.86. The van der Waals surface area contributed by atoms with Gasteiger partial charge in [-0.3, -0.25) is 9.78 Å². The molecule has 1 aromatic carbocycles. The second kappa shape index (κ2) is 4.31. The molecule has 2 heterocycles. The second-order valence-corrected chi connectivity index (χ2v) is 4.01. The molecular weight excluding hydrogens is 244 g/mol. The first-order chi connectivity index (χ1) is 9.16. The smallest absolute Gasteiger partial charge is 0.271 e. The summed E-state index contributed by atoms with van der Waals surface area (Å²) in [5.74, 6) is -0.568. The minimum atomic E-state index is -0.568. The SMILES string of the molecule is [B]c1ccc(-n2ncc3cccc(F)c3c2=O)cn1. The summed E-state index contributed by atoms with van der Waals surface area (Å²) in [4.78, 5) is 16.1. The molecule has 0 aliphatic rings. The number of hydrogen-bond donors (Lipinski definition) is 0. The van der Waals surface area contributed by atoms with Crippen LogP contribution in [0.15, 0.2) is 47.5 Å². The molecule has 3 aromatic rings. The molecule has 0 aliphatic heterocycles. The maximum atomic E-state index is 13.7. The van der Waals surface area contributed by atoms with Gasteiger partial charge in [0.1, 0.15) is 13.7 Å². The van der Waals surface area contributed by atoms with E-state index in [2.05, 4.69) is 10.1 Å². The minimum absolute atomic E-state index is 0.00863. The zero-order chi connectivity index (χ0) is 13.4. The van der Waals surface area contributed by atoms with Crippen LogP contribution >= 0.6 is 0 Å². The zero-order valence-electron chi connectivity index (χ0n) is 9.75. The fraction of sp³-hybridized carbons (Fsp3) is 0. The third-order valence-corrected chi connectivity index (χ3v) is 2.78. The van der Waals surface area contributed by atoms with Gasteiger partial charge in [0.05, 0.1) is 23.5 Å². The van der Waals surface area contributed by atoms with Gasteiger partial charge in [-0.1, -0.05) is 12.1 Å². The van der Waals surface area contributed by atoms with Crippen LogP contribution in [0.1, 0.15) is 0 Å². The van der Waals surface area contributed by atoms with Gasteiger partial charge in [0.15, 0.2) is 0 Å². The van der Waals surface area contributed by atoms with Gasteiger partial charge in [-0.2, -0.15) is 9.78 Å². The molecule has 90 valence electrons. The summed E-state index contributed by atoms with van der Waals surface area (Å²) < 4.78 is 14.8. The van der Waals surface area contributed by atoms with E-state index >= 15 is 0 Å². The number of rotatable bonds is 1. The van der Waals surface area contributed by atoms with Gasteiger partial charge in [0.2, 0.25) is 0 Å². The molecule has 0 fully saturated rings. The van der Waals surface area contributed by atoms with Crippen LogP contribution in [-0.4, -0.2) is 22.6 Å². The maximum Gasteiger partial charge on any atom is 0.282 e. The molecule has 0 N–H and O–H groups in total. The maximum absolute atomic E-state index is 13.7. The first-order valence-electron chi connectivity index (χ1n) is 5.55. The summed E-state index contributed by atoms with van der Waals surface area (Å²) in [6.07, 6.45) is 2.85. The summed E-state index contributed by atoms with van der Waals surface area (Å²) in [7, 11) is 5.48. The lowest BCUT2D eigenvalue weighted by atomic mass is 10.0. The largest absolute Gasteiger partial charge is 0.282 e. The first-order valence-corrected chi connectivity index (χ1v) is 5.55. The molecule has 0 amide bonds. The number of halogens is 1. The van der Waals surface area contributed by atoms with Crippen LogP contribution < -0.4 is 11.2 Å². The van der Waals surface area contributed by atoms with Gasteiger partial charge in [-0.05, 0) is 23.8 Å². The lowest BCUT2D eigenvalue weighted by molar-refractivity contribution is 0.636. The van der Waals surface area contributed by atoms with Gasteiger partial charge in [-0.15, -0.1) is 0 Å². The highest BCUT2D eigenvalue weighted by molar-refractivity contribution is 6.30. The highest BCUT2D eigenvalue weighted by Gasteiger charge is 2.09. The molecule has 2 radical (unpaired) electrons. The third kappa shape index (κ3) is 1.91. The number of fused-ring (bicyclic) bond motifs is 1. The summed E-state index contributed by atoms with van der Waals surface area (Å²) in [6, 6.07) is 7.57. The summed E-state index contributed by atoms with van der Waals surface area (Å²) in [6.45, 7) is 0. The normalized spacial score (nSPS) is 10.8. The molecule has 0 bridgehead atoms. The second-order valence-electron chi connectivity index (χ2n) is 4.01. The summed E-state index contributed by atoms with van der Waals surface area (Å²) in [5.41, 5.74) is 0.246. The quantitative estimate of drug-likeness (QED) is 0.598. The fourth-order valence-corrected chi connectivity index (χ4v) is 1.86. The molecule has 6 heteroatoms. The lowest BCUT2D eigenvalue weighted by Gasteiger charge is -2.06. The number of benzene rings is 1. The van der Waals surface area contributed by atoms with Gasteiger partial charge >= 0.3 is 0 Å². The average molecular weight is 251 g/mol. The molecule has 0 saturated carbocycles. The van der Waals surface area contributed by atoms with E-state index in [9.17, 15) is 9.18 Å². The van der Waals surface area contributed by atoms with Crippen molar-refractivity contribution < 1.29 is 4.39 Å². The van der Waals surface area contributed by atoms with E-state index in [1.54, 1.807) is 18.2 Å². The van der Waals surface area contributed by atoms with Gasteiger partial charge in [0, 0.05) is 5.39 Å². The molecule has 0 saturated heterocycles. The lowest BCUT2D eigenvalue weighted by Crippen LogP contribution is -2.22. The highest BCUT2D eigenvalue weighted by atomic mass is 19.1. The van der Waals surface area contributed by atoms with Crippen molar-refractivity contribution in [2.45, 2.75) is 0 Å². The number of nitrogens with zero attached hydrogens (tertiary/aromatic N) is 3. The Kier molecular flexibility index (Phi) is 2.63. The molecule has 0 atom stereocenters. The highest BCUT2D eigenvalue weighted by Crippen LogP contribution is 2.12. The molecule has 3 rings (SSSR count). The Morgan fingerprint density at radius 2 is 2.00 bits per heavy atom. The van der Waals surface area contributed by atoms with Crippen LogP contribution in [0.2, 0.25) is 0 Å². The van der Waals surface area contributed by atoms with E-state index in [4.69, 9.17) is 7.85 Å². The predicted molar refractivity (Wildman–Crippen MR) is 70.5 cm³/mol. The third-order valence-electron chi connectivity index (χ3n) is 2.78. The Balaban J connectivity index is 2.32. The zero-order valence-corrected chi connectivity index (χ0v) is 9.75. The van der Waals surface area contributed by atoms with Crippen molar-refractivity contribution >= 4 is 24.2 Å². The van der Waals surface area contributed by atoms with Gasteiger partial charge in [-0.25, -0.2) is 4.39 Å². The van der Waals surface area contributed by atoms with Crippen LogP contribution in [0.5, 0.6) is 0 Å². The molecule has 0 spiro atoms. The van der Waals surface area contributed by atoms with E-state index in [0.717, 1.165) is 4.68 Å². The van der Waals surface area contributed by atoms with E-state index in [0.29, 0.717) is 16.7 Å². The van der Waals surface area contributed by atoms with Crippen molar-refractivity contribution in [3.63, 3.8) is 0 Å². The van der Waals surface area contributed by atoms with E-state index < -0.39 is 11.4 Å². The van der Waals surface area contributed by atoms with Crippen LogP contribution in [0.25, 0.3) is 16.5 Å². The standard InChI is InChI=1S/C13H7BFN3O/c14-11-5-4-9(7-16-11)18-13(19)12-8(6-17-18)2-1-3-10(12)15/h1-7H. The van der Waals surface area contributed by atoms with E-state index in [1.807, 2.05) is 0 Å². The van der Waals surface area contributed by atoms with Crippen molar-refractivity contribution in [1.29, 1.82) is 0 Å². The summed E-state index contributed by atoms with van der Waals surface area (Å²) in [5, 5.41) is 4.48. The Morgan fingerprint density at radius 3 is 2.74 bits per heavy atom. The summed E-state index contributed by atoms with van der Waals surface area (Å²) >= 11 is 0. The van der Waals surface area contributed by atoms with Crippen LogP contribution in [0.4, 0.5) is 4.39 Å². The molecular formula is C13H7BFN3O. The van der Waals surface area contributed by atoms with Crippen molar-refractivity contribution in [3.8, 4) is 5.69 Å². The minimum Gasteiger partial charge on any atom is -0.271 e. The molecule has 19 heavy (non-hydrogen) atoms. The van der Waals surface area contributed by atoms with Crippen molar-refractivity contribution in [2.24, 2.45) is 0 Å². The van der Waals surface area contributed by atoms with Crippen LogP contribution in [0, 0.1) is 5.82 Å². The molecule has 4 nitrogen and oxygen atoms in total. The Bertz CT molecular complexity index is 814. The van der Waals surface area contributed by atoms with E-state index in [-0.39, 0.29) is 5.39 Å². The van der Waals surface area contributed by atoms with Crippen molar-refractivity contribution in [3.05, 3.63) is 58.9 Å². The predicted octanol–water partition coefficient (Wildman–Crippen LogP) is 0.714. The van der Waals surface area contributed by atoms with Gasteiger partial charge in [0.25, 0.3) is 5.56 Å². The van der Waals surface area contributed by atoms with Crippen molar-refractivity contribution in [1.82, 2.24) is 14.8 Å². The number of hydrogen-bond acceptors (Lipinski definition) is 3. The van der Waals surface area contributed by atoms with Crippen LogP contribution in [0.3, 0.4) is 0 Å². The Hall–Kier alpha value is -2.50. The molecule has 2 aromatic heterocycles. The molecule has 0 aliphatic carbocycles. The first kappa shape index (κ1) is 11.6. The number of pyridine rings is 1.